The first-order valence-corrected chi connectivity index (χ1v) is 10.3. The Morgan fingerprint density at radius 2 is 1.80 bits per heavy atom. The van der Waals surface area contributed by atoms with E-state index in [0.717, 1.165) is 36.2 Å². The second kappa shape index (κ2) is 7.23. The van der Waals surface area contributed by atoms with Crippen LogP contribution >= 0.6 is 0 Å². The monoisotopic (exact) mass is 407 g/mol. The fraction of sp³-hybridized carbons (Fsp3) is 0.348. The molecule has 154 valence electrons. The molecule has 5 rings (SSSR count). The summed E-state index contributed by atoms with van der Waals surface area (Å²) in [6, 6.07) is 11.3. The Morgan fingerprint density at radius 3 is 2.53 bits per heavy atom. The van der Waals surface area contributed by atoms with Crippen molar-refractivity contribution in [3.05, 3.63) is 53.8 Å². The van der Waals surface area contributed by atoms with Crippen LogP contribution in [0.4, 0.5) is 21.5 Å². The van der Waals surface area contributed by atoms with Gasteiger partial charge in [0, 0.05) is 42.5 Å². The molecule has 2 aliphatic heterocycles. The van der Waals surface area contributed by atoms with E-state index in [9.17, 15) is 18.8 Å². The summed E-state index contributed by atoms with van der Waals surface area (Å²) in [7, 11) is 0. The highest BCUT2D eigenvalue weighted by atomic mass is 19.1. The molecular formula is C23H22FN3O3. The van der Waals surface area contributed by atoms with Crippen molar-refractivity contribution in [2.24, 2.45) is 11.8 Å². The van der Waals surface area contributed by atoms with Gasteiger partial charge in [-0.05, 0) is 67.3 Å². The molecule has 1 saturated heterocycles. The van der Waals surface area contributed by atoms with Gasteiger partial charge in [0.1, 0.15) is 5.82 Å². The summed E-state index contributed by atoms with van der Waals surface area (Å²) in [5.74, 6) is -0.807. The number of benzene rings is 2. The maximum absolute atomic E-state index is 13.0. The normalized spacial score (nSPS) is 20.4. The quantitative estimate of drug-likeness (QED) is 0.847. The Morgan fingerprint density at radius 1 is 1.03 bits per heavy atom. The molecule has 2 aromatic rings. The number of carbonyl (C=O) groups is 3. The van der Waals surface area contributed by atoms with Crippen molar-refractivity contribution >= 4 is 34.8 Å². The number of hydrogen-bond acceptors (Lipinski definition) is 3. The summed E-state index contributed by atoms with van der Waals surface area (Å²) in [6.07, 6.45) is 2.87. The summed E-state index contributed by atoms with van der Waals surface area (Å²) in [5.41, 5.74) is 3.27. The molecule has 1 atom stereocenters. The van der Waals surface area contributed by atoms with Gasteiger partial charge in [0.2, 0.25) is 17.7 Å². The largest absolute Gasteiger partial charge is 0.326 e. The number of hydrogen-bond donors (Lipinski definition) is 1. The maximum Gasteiger partial charge on any atom is 0.230 e. The topological polar surface area (TPSA) is 69.7 Å². The van der Waals surface area contributed by atoms with Crippen LogP contribution in [0.25, 0.3) is 0 Å². The molecule has 6 nitrogen and oxygen atoms in total. The first kappa shape index (κ1) is 18.8. The third kappa shape index (κ3) is 3.44. The van der Waals surface area contributed by atoms with Gasteiger partial charge in [0.15, 0.2) is 0 Å². The van der Waals surface area contributed by atoms with Crippen LogP contribution in [0.3, 0.4) is 0 Å². The summed E-state index contributed by atoms with van der Waals surface area (Å²) in [6.45, 7) is 0.986. The molecule has 0 spiro atoms. The maximum atomic E-state index is 13.0. The van der Waals surface area contributed by atoms with Crippen LogP contribution < -0.4 is 15.1 Å². The molecule has 0 bridgehead atoms. The minimum absolute atomic E-state index is 0.0990. The summed E-state index contributed by atoms with van der Waals surface area (Å²) < 4.78 is 13.0. The lowest BCUT2D eigenvalue weighted by atomic mass is 10.1. The lowest BCUT2D eigenvalue weighted by Crippen LogP contribution is -2.30. The fourth-order valence-electron chi connectivity index (χ4n) is 4.25. The van der Waals surface area contributed by atoms with Gasteiger partial charge in [-0.1, -0.05) is 0 Å². The second-order valence-corrected chi connectivity index (χ2v) is 8.23. The number of fused-ring (bicyclic) bond motifs is 1. The number of carbonyl (C=O) groups excluding carboxylic acids is 3. The SMILES string of the molecule is O=C(Nc1ccc(F)cc1)[C@H]1CC(=O)N(c2ccc3c(c2)CCN3C(=O)C2CC2)C1. The Hall–Kier alpha value is -3.22. The Balaban J connectivity index is 1.28. The summed E-state index contributed by atoms with van der Waals surface area (Å²) in [5, 5.41) is 2.75. The summed E-state index contributed by atoms with van der Waals surface area (Å²) in [4.78, 5) is 41.1. The van der Waals surface area contributed by atoms with Crippen LogP contribution in [0.15, 0.2) is 42.5 Å². The number of halogens is 1. The molecule has 3 aliphatic rings. The number of nitrogens with one attached hydrogen (secondary N) is 1. The van der Waals surface area contributed by atoms with E-state index in [2.05, 4.69) is 5.32 Å². The van der Waals surface area contributed by atoms with Gasteiger partial charge in [0.25, 0.3) is 0 Å². The van der Waals surface area contributed by atoms with Crippen molar-refractivity contribution < 1.29 is 18.8 Å². The van der Waals surface area contributed by atoms with Gasteiger partial charge in [0.05, 0.1) is 5.92 Å². The molecule has 0 unspecified atom stereocenters. The first-order chi connectivity index (χ1) is 14.5. The third-order valence-corrected chi connectivity index (χ3v) is 6.07. The van der Waals surface area contributed by atoms with Crippen molar-refractivity contribution in [3.63, 3.8) is 0 Å². The highest BCUT2D eigenvalue weighted by molar-refractivity contribution is 6.04. The van der Waals surface area contributed by atoms with Crippen LogP contribution in [-0.4, -0.2) is 30.8 Å². The van der Waals surface area contributed by atoms with Crippen molar-refractivity contribution in [2.75, 3.05) is 28.2 Å². The molecule has 1 aliphatic carbocycles. The van der Waals surface area contributed by atoms with Gasteiger partial charge >= 0.3 is 0 Å². The zero-order chi connectivity index (χ0) is 20.8. The molecule has 0 aromatic heterocycles. The molecule has 1 N–H and O–H groups in total. The second-order valence-electron chi connectivity index (χ2n) is 8.23. The van der Waals surface area contributed by atoms with Gasteiger partial charge in [-0.2, -0.15) is 0 Å². The Bertz CT molecular complexity index is 1030. The van der Waals surface area contributed by atoms with Crippen molar-refractivity contribution in [1.82, 2.24) is 0 Å². The van der Waals surface area contributed by atoms with Gasteiger partial charge in [-0.3, -0.25) is 14.4 Å². The van der Waals surface area contributed by atoms with E-state index in [1.807, 2.05) is 23.1 Å². The predicted octanol–water partition coefficient (Wildman–Crippen LogP) is 3.12. The number of anilines is 3. The number of amides is 3. The zero-order valence-electron chi connectivity index (χ0n) is 16.4. The van der Waals surface area contributed by atoms with E-state index in [-0.39, 0.29) is 35.9 Å². The highest BCUT2D eigenvalue weighted by Gasteiger charge is 2.38. The number of nitrogens with zero attached hydrogens (tertiary/aromatic N) is 2. The van der Waals surface area contributed by atoms with Crippen molar-refractivity contribution in [1.29, 1.82) is 0 Å². The summed E-state index contributed by atoms with van der Waals surface area (Å²) >= 11 is 0. The fourth-order valence-corrected chi connectivity index (χ4v) is 4.25. The van der Waals surface area contributed by atoms with Crippen molar-refractivity contribution in [3.8, 4) is 0 Å². The third-order valence-electron chi connectivity index (χ3n) is 6.07. The van der Waals surface area contributed by atoms with E-state index in [1.54, 1.807) is 4.90 Å². The van der Waals surface area contributed by atoms with E-state index in [0.29, 0.717) is 18.8 Å². The van der Waals surface area contributed by atoms with Crippen LogP contribution in [0, 0.1) is 17.7 Å². The smallest absolute Gasteiger partial charge is 0.230 e. The lowest BCUT2D eigenvalue weighted by Gasteiger charge is -2.20. The molecule has 2 fully saturated rings. The minimum Gasteiger partial charge on any atom is -0.326 e. The Labute approximate surface area is 173 Å². The Kier molecular flexibility index (Phi) is 4.53. The lowest BCUT2D eigenvalue weighted by molar-refractivity contribution is -0.122. The average molecular weight is 407 g/mol. The molecule has 7 heteroatoms. The molecule has 30 heavy (non-hydrogen) atoms. The van der Waals surface area contributed by atoms with E-state index in [4.69, 9.17) is 0 Å². The van der Waals surface area contributed by atoms with Crippen molar-refractivity contribution in [2.45, 2.75) is 25.7 Å². The average Bonchev–Trinajstić information content (AvgIpc) is 3.39. The van der Waals surface area contributed by atoms with Crippen LogP contribution in [-0.2, 0) is 20.8 Å². The molecular weight excluding hydrogens is 385 g/mol. The predicted molar refractivity (Wildman–Crippen MR) is 111 cm³/mol. The highest BCUT2D eigenvalue weighted by Crippen LogP contribution is 2.38. The molecule has 1 saturated carbocycles. The van der Waals surface area contributed by atoms with Gasteiger partial charge in [-0.25, -0.2) is 4.39 Å². The van der Waals surface area contributed by atoms with E-state index < -0.39 is 5.92 Å². The zero-order valence-corrected chi connectivity index (χ0v) is 16.4. The van der Waals surface area contributed by atoms with Gasteiger partial charge in [-0.15, -0.1) is 0 Å². The van der Waals surface area contributed by atoms with E-state index in [1.165, 1.54) is 24.3 Å². The molecule has 0 radical (unpaired) electrons. The molecule has 3 amide bonds. The molecule has 2 heterocycles. The minimum atomic E-state index is -0.469. The first-order valence-electron chi connectivity index (χ1n) is 10.3. The molecule has 2 aromatic carbocycles. The van der Waals surface area contributed by atoms with Crippen LogP contribution in [0.5, 0.6) is 0 Å². The van der Waals surface area contributed by atoms with E-state index >= 15 is 0 Å². The van der Waals surface area contributed by atoms with Crippen LogP contribution in [0.1, 0.15) is 24.8 Å². The number of rotatable bonds is 4. The van der Waals surface area contributed by atoms with Crippen LogP contribution in [0.2, 0.25) is 0 Å². The standard InChI is InChI=1S/C23H22FN3O3/c24-17-3-5-18(6-4-17)25-22(29)16-12-21(28)27(13-16)19-7-8-20-15(11-19)9-10-26(20)23(30)14-1-2-14/h3-8,11,14,16H,1-2,9-10,12-13H2,(H,25,29)/t16-/m0/s1. The van der Waals surface area contributed by atoms with Gasteiger partial charge < -0.3 is 15.1 Å².